The van der Waals surface area contributed by atoms with E-state index in [2.05, 4.69) is 24.1 Å². The molecule has 0 spiro atoms. The number of carbonyl (C=O) groups is 2. The third kappa shape index (κ3) is 5.47. The molecule has 5 rings (SSSR count). The summed E-state index contributed by atoms with van der Waals surface area (Å²) in [5.41, 5.74) is 5.54. The van der Waals surface area contributed by atoms with E-state index in [1.165, 1.54) is 0 Å². The predicted molar refractivity (Wildman–Crippen MR) is 151 cm³/mol. The monoisotopic (exact) mass is 500 g/mol. The van der Waals surface area contributed by atoms with Gasteiger partial charge in [0.25, 0.3) is 5.91 Å². The maximum atomic E-state index is 13.6. The second-order valence-corrected chi connectivity index (χ2v) is 9.41. The number of pyridine rings is 1. The van der Waals surface area contributed by atoms with E-state index in [9.17, 15) is 9.59 Å². The fraction of sp³-hybridized carbons (Fsp3) is 0.121. The van der Waals surface area contributed by atoms with Gasteiger partial charge in [0.1, 0.15) is 12.4 Å². The van der Waals surface area contributed by atoms with Crippen LogP contribution in [0.3, 0.4) is 0 Å². The highest BCUT2D eigenvalue weighted by Gasteiger charge is 2.20. The first-order valence-electron chi connectivity index (χ1n) is 12.6. The van der Waals surface area contributed by atoms with Gasteiger partial charge in [-0.2, -0.15) is 0 Å². The number of nitrogens with zero attached hydrogens (tertiary/aromatic N) is 1. The summed E-state index contributed by atoms with van der Waals surface area (Å²) in [4.78, 5) is 30.8. The van der Waals surface area contributed by atoms with Gasteiger partial charge >= 0.3 is 5.97 Å². The van der Waals surface area contributed by atoms with Crippen LogP contribution in [0.4, 0.5) is 5.82 Å². The van der Waals surface area contributed by atoms with Crippen molar-refractivity contribution >= 4 is 28.6 Å². The van der Waals surface area contributed by atoms with Gasteiger partial charge in [0.2, 0.25) is 0 Å². The summed E-state index contributed by atoms with van der Waals surface area (Å²) < 4.78 is 5.45. The van der Waals surface area contributed by atoms with Crippen LogP contribution >= 0.6 is 0 Å². The molecule has 0 radical (unpaired) electrons. The Hall–Kier alpha value is -4.77. The summed E-state index contributed by atoms with van der Waals surface area (Å²) in [7, 11) is 0. The molecule has 4 aromatic carbocycles. The molecule has 1 aromatic heterocycles. The number of anilines is 1. The number of esters is 1. The molecule has 1 N–H and O–H groups in total. The van der Waals surface area contributed by atoms with Gasteiger partial charge in [-0.1, -0.05) is 92.7 Å². The maximum Gasteiger partial charge on any atom is 0.338 e. The molecule has 0 unspecified atom stereocenters. The van der Waals surface area contributed by atoms with Crippen molar-refractivity contribution in [2.24, 2.45) is 0 Å². The number of ether oxygens (including phenoxy) is 1. The van der Waals surface area contributed by atoms with Crippen LogP contribution in [0.1, 0.15) is 51.6 Å². The number of amides is 1. The van der Waals surface area contributed by atoms with Crippen LogP contribution in [-0.2, 0) is 11.3 Å². The zero-order valence-electron chi connectivity index (χ0n) is 21.3. The zero-order valence-corrected chi connectivity index (χ0v) is 21.3. The van der Waals surface area contributed by atoms with Gasteiger partial charge in [0.15, 0.2) is 0 Å². The number of nitrogens with one attached hydrogen (secondary N) is 1. The van der Waals surface area contributed by atoms with Gasteiger partial charge in [-0.3, -0.25) is 4.79 Å². The van der Waals surface area contributed by atoms with E-state index in [0.717, 1.165) is 27.6 Å². The highest BCUT2D eigenvalue weighted by molar-refractivity contribution is 6.10. The number of hydrogen-bond donors (Lipinski definition) is 1. The molecule has 5 nitrogen and oxygen atoms in total. The average Bonchev–Trinajstić information content (AvgIpc) is 2.96. The topological polar surface area (TPSA) is 68.3 Å². The van der Waals surface area contributed by atoms with Crippen molar-refractivity contribution in [2.75, 3.05) is 5.32 Å². The first kappa shape index (κ1) is 24.9. The van der Waals surface area contributed by atoms with Crippen LogP contribution < -0.4 is 5.32 Å². The number of aromatic nitrogens is 1. The summed E-state index contributed by atoms with van der Waals surface area (Å²) in [6, 6.07) is 34.2. The zero-order chi connectivity index (χ0) is 26.5. The van der Waals surface area contributed by atoms with Crippen molar-refractivity contribution < 1.29 is 14.3 Å². The number of benzene rings is 4. The minimum atomic E-state index is -0.396. The molecule has 0 fully saturated rings. The molecule has 1 amide bonds. The highest BCUT2D eigenvalue weighted by atomic mass is 16.5. The van der Waals surface area contributed by atoms with Gasteiger partial charge in [0, 0.05) is 5.39 Å². The van der Waals surface area contributed by atoms with Crippen LogP contribution in [0.25, 0.3) is 22.0 Å². The molecule has 38 heavy (non-hydrogen) atoms. The first-order chi connectivity index (χ1) is 18.5. The maximum absolute atomic E-state index is 13.6. The molecule has 0 atom stereocenters. The molecule has 0 bridgehead atoms. The number of fused-ring (bicyclic) bond motifs is 1. The van der Waals surface area contributed by atoms with Gasteiger partial charge in [-0.25, -0.2) is 9.78 Å². The van der Waals surface area contributed by atoms with Gasteiger partial charge in [0.05, 0.1) is 16.6 Å². The lowest BCUT2D eigenvalue weighted by molar-refractivity contribution is 0.0473. The average molecular weight is 501 g/mol. The Morgan fingerprint density at radius 3 is 2.29 bits per heavy atom. The first-order valence-corrected chi connectivity index (χ1v) is 12.6. The molecule has 5 aromatic rings. The molecule has 0 aliphatic heterocycles. The molecule has 0 aliphatic carbocycles. The van der Waals surface area contributed by atoms with Crippen LogP contribution in [0.15, 0.2) is 109 Å². The van der Waals surface area contributed by atoms with Crippen LogP contribution in [-0.4, -0.2) is 16.9 Å². The van der Waals surface area contributed by atoms with Crippen molar-refractivity contribution in [2.45, 2.75) is 26.4 Å². The minimum Gasteiger partial charge on any atom is -0.457 e. The third-order valence-electron chi connectivity index (χ3n) is 6.41. The Balaban J connectivity index is 1.37. The van der Waals surface area contributed by atoms with Crippen molar-refractivity contribution in [1.29, 1.82) is 0 Å². The predicted octanol–water partition coefficient (Wildman–Crippen LogP) is 7.63. The summed E-state index contributed by atoms with van der Waals surface area (Å²) in [5.74, 6) is 0.0106. The Morgan fingerprint density at radius 1 is 0.816 bits per heavy atom. The lowest BCUT2D eigenvalue weighted by atomic mass is 9.89. The second kappa shape index (κ2) is 11.1. The number of hydrogen-bond acceptors (Lipinski definition) is 4. The Bertz CT molecular complexity index is 1600. The third-order valence-corrected chi connectivity index (χ3v) is 6.41. The largest absolute Gasteiger partial charge is 0.457 e. The van der Waals surface area contributed by atoms with E-state index in [1.807, 2.05) is 84.9 Å². The highest BCUT2D eigenvalue weighted by Crippen LogP contribution is 2.31. The quantitative estimate of drug-likeness (QED) is 0.233. The summed E-state index contributed by atoms with van der Waals surface area (Å²) in [5, 5.41) is 3.77. The van der Waals surface area contributed by atoms with Crippen molar-refractivity contribution in [1.82, 2.24) is 4.98 Å². The minimum absolute atomic E-state index is 0.170. The van der Waals surface area contributed by atoms with Crippen LogP contribution in [0, 0.1) is 0 Å². The van der Waals surface area contributed by atoms with Crippen molar-refractivity contribution in [3.8, 4) is 11.1 Å². The fourth-order valence-corrected chi connectivity index (χ4v) is 4.47. The van der Waals surface area contributed by atoms with Crippen LogP contribution in [0.5, 0.6) is 0 Å². The normalized spacial score (nSPS) is 10.9. The molecule has 5 heteroatoms. The summed E-state index contributed by atoms with van der Waals surface area (Å²) in [6.45, 7) is 4.37. The molecule has 0 saturated heterocycles. The molecule has 0 saturated carbocycles. The van der Waals surface area contributed by atoms with E-state index >= 15 is 0 Å². The summed E-state index contributed by atoms with van der Waals surface area (Å²) in [6.07, 6.45) is 0. The second-order valence-electron chi connectivity index (χ2n) is 9.41. The standard InChI is InChI=1S/C33H28N2O3/c1-22(2)27-14-9-15-28(24-12-7-4-8-13-24)31(27)32(36)35-30-19-17-25-20-26(16-18-29(25)34-30)33(37)38-21-23-10-5-3-6-11-23/h3-20,22H,21H2,1-2H3,(H,34,35,36). The molecule has 0 aliphatic rings. The lowest BCUT2D eigenvalue weighted by Gasteiger charge is -2.17. The van der Waals surface area contributed by atoms with Crippen molar-refractivity contribution in [3.05, 3.63) is 131 Å². The number of rotatable bonds is 7. The van der Waals surface area contributed by atoms with Crippen molar-refractivity contribution in [3.63, 3.8) is 0 Å². The lowest BCUT2D eigenvalue weighted by Crippen LogP contribution is -2.17. The summed E-state index contributed by atoms with van der Waals surface area (Å²) >= 11 is 0. The van der Waals surface area contributed by atoms with E-state index in [0.29, 0.717) is 22.5 Å². The SMILES string of the molecule is CC(C)c1cccc(-c2ccccc2)c1C(=O)Nc1ccc2cc(C(=O)OCc3ccccc3)ccc2n1. The van der Waals surface area contributed by atoms with Crippen LogP contribution in [0.2, 0.25) is 0 Å². The van der Waals surface area contributed by atoms with Gasteiger partial charge < -0.3 is 10.1 Å². The Labute approximate surface area is 222 Å². The molecule has 1 heterocycles. The van der Waals surface area contributed by atoms with E-state index in [1.54, 1.807) is 24.3 Å². The molecular formula is C33H28N2O3. The van der Waals surface area contributed by atoms with Gasteiger partial charge in [-0.05, 0) is 58.5 Å². The van der Waals surface area contributed by atoms with E-state index < -0.39 is 5.97 Å². The van der Waals surface area contributed by atoms with E-state index in [-0.39, 0.29) is 18.4 Å². The Kier molecular flexibility index (Phi) is 7.27. The molecule has 188 valence electrons. The van der Waals surface area contributed by atoms with Gasteiger partial charge in [-0.15, -0.1) is 0 Å². The fourth-order valence-electron chi connectivity index (χ4n) is 4.47. The van der Waals surface area contributed by atoms with E-state index in [4.69, 9.17) is 4.74 Å². The Morgan fingerprint density at radius 2 is 1.55 bits per heavy atom. The number of carbonyl (C=O) groups excluding carboxylic acids is 2. The smallest absolute Gasteiger partial charge is 0.338 e. The molecular weight excluding hydrogens is 472 g/mol.